The van der Waals surface area contributed by atoms with Crippen LogP contribution in [0, 0.1) is 6.92 Å². The van der Waals surface area contributed by atoms with Crippen LogP contribution in [0.15, 0.2) is 71.9 Å². The van der Waals surface area contributed by atoms with Crippen molar-refractivity contribution in [1.82, 2.24) is 9.78 Å². The van der Waals surface area contributed by atoms with Crippen molar-refractivity contribution in [2.75, 3.05) is 11.9 Å². The average molecular weight is 333 g/mol. The molecule has 0 bridgehead atoms. The number of rotatable bonds is 6. The highest BCUT2D eigenvalue weighted by molar-refractivity contribution is 5.92. The van der Waals surface area contributed by atoms with Crippen LogP contribution in [-0.2, 0) is 6.42 Å². The van der Waals surface area contributed by atoms with Crippen LogP contribution in [0.1, 0.15) is 17.7 Å². The fraction of sp³-hybridized carbons (Fsp3) is 0.200. The third-order valence-electron chi connectivity index (χ3n) is 3.95. The van der Waals surface area contributed by atoms with E-state index in [9.17, 15) is 0 Å². The highest BCUT2D eigenvalue weighted by Crippen LogP contribution is 2.13. The van der Waals surface area contributed by atoms with Gasteiger partial charge < -0.3 is 11.1 Å². The number of para-hydroxylation sites is 2. The molecule has 3 N–H and O–H groups in total. The van der Waals surface area contributed by atoms with Crippen molar-refractivity contribution in [1.29, 1.82) is 0 Å². The summed E-state index contributed by atoms with van der Waals surface area (Å²) in [4.78, 5) is 4.39. The zero-order valence-electron chi connectivity index (χ0n) is 14.4. The van der Waals surface area contributed by atoms with E-state index < -0.39 is 0 Å². The minimum absolute atomic E-state index is 0.447. The molecule has 0 saturated heterocycles. The molecule has 3 rings (SSSR count). The van der Waals surface area contributed by atoms with Crippen LogP contribution in [0.2, 0.25) is 0 Å². The number of guanidine groups is 1. The summed E-state index contributed by atoms with van der Waals surface area (Å²) in [6, 6.07) is 20.0. The van der Waals surface area contributed by atoms with E-state index in [1.165, 1.54) is 5.56 Å². The Morgan fingerprint density at radius 2 is 1.76 bits per heavy atom. The van der Waals surface area contributed by atoms with Gasteiger partial charge in [-0.15, -0.1) is 0 Å². The van der Waals surface area contributed by atoms with Gasteiger partial charge in [-0.05, 0) is 49.6 Å². The van der Waals surface area contributed by atoms with Gasteiger partial charge in [0, 0.05) is 18.4 Å². The number of anilines is 1. The molecule has 2 aromatic carbocycles. The molecule has 0 atom stereocenters. The lowest BCUT2D eigenvalue weighted by atomic mass is 10.1. The van der Waals surface area contributed by atoms with Gasteiger partial charge in [0.25, 0.3) is 0 Å². The molecule has 0 aliphatic carbocycles. The summed E-state index contributed by atoms with van der Waals surface area (Å²) in [6.45, 7) is 2.73. The second kappa shape index (κ2) is 8.15. The number of hydrogen-bond acceptors (Lipinski definition) is 2. The van der Waals surface area contributed by atoms with Crippen LogP contribution in [0.25, 0.3) is 5.69 Å². The maximum atomic E-state index is 5.92. The standard InChI is InChI=1S/C20H23N5/c1-16-17(15-25(24-16)19-12-6-3-7-13-19)9-8-14-22-20(21)23-18-10-4-2-5-11-18/h2-7,10-13,15H,8-9,14H2,1H3,(H3,21,22,23). The van der Waals surface area contributed by atoms with Gasteiger partial charge in [-0.2, -0.15) is 5.10 Å². The Labute approximate surface area is 148 Å². The fourth-order valence-corrected chi connectivity index (χ4v) is 2.63. The third kappa shape index (κ3) is 4.70. The number of nitrogens with one attached hydrogen (secondary N) is 1. The van der Waals surface area contributed by atoms with Gasteiger partial charge in [0.05, 0.1) is 11.4 Å². The zero-order chi connectivity index (χ0) is 17.5. The Morgan fingerprint density at radius 3 is 2.48 bits per heavy atom. The van der Waals surface area contributed by atoms with Gasteiger partial charge in [0.1, 0.15) is 0 Å². The van der Waals surface area contributed by atoms with Crippen LogP contribution in [0.4, 0.5) is 5.69 Å². The Morgan fingerprint density at radius 1 is 1.08 bits per heavy atom. The van der Waals surface area contributed by atoms with E-state index in [0.29, 0.717) is 12.5 Å². The molecule has 25 heavy (non-hydrogen) atoms. The monoisotopic (exact) mass is 333 g/mol. The second-order valence-electron chi connectivity index (χ2n) is 5.88. The molecule has 1 heterocycles. The number of benzene rings is 2. The summed E-state index contributed by atoms with van der Waals surface area (Å²) in [6.07, 6.45) is 3.96. The quantitative estimate of drug-likeness (QED) is 0.412. The van der Waals surface area contributed by atoms with Gasteiger partial charge in [0.2, 0.25) is 0 Å². The Kier molecular flexibility index (Phi) is 5.46. The molecule has 0 spiro atoms. The fourth-order valence-electron chi connectivity index (χ4n) is 2.63. The molecule has 0 aliphatic heterocycles. The van der Waals surface area contributed by atoms with Gasteiger partial charge in [-0.3, -0.25) is 4.99 Å². The van der Waals surface area contributed by atoms with Crippen LogP contribution < -0.4 is 11.1 Å². The lowest BCUT2D eigenvalue weighted by Gasteiger charge is -2.05. The van der Waals surface area contributed by atoms with E-state index in [0.717, 1.165) is 29.9 Å². The molecule has 5 nitrogen and oxygen atoms in total. The molecular weight excluding hydrogens is 310 g/mol. The molecule has 0 amide bonds. The van der Waals surface area contributed by atoms with Crippen LogP contribution in [0.3, 0.4) is 0 Å². The van der Waals surface area contributed by atoms with E-state index in [2.05, 4.69) is 33.7 Å². The SMILES string of the molecule is Cc1nn(-c2ccccc2)cc1CCCN=C(N)Nc1ccccc1. The van der Waals surface area contributed by atoms with Crippen molar-refractivity contribution in [3.8, 4) is 5.69 Å². The summed E-state index contributed by atoms with van der Waals surface area (Å²) >= 11 is 0. The van der Waals surface area contributed by atoms with E-state index in [4.69, 9.17) is 5.73 Å². The van der Waals surface area contributed by atoms with Crippen molar-refractivity contribution in [2.24, 2.45) is 10.7 Å². The van der Waals surface area contributed by atoms with Gasteiger partial charge >= 0.3 is 0 Å². The molecule has 0 saturated carbocycles. The van der Waals surface area contributed by atoms with E-state index in [1.807, 2.05) is 60.1 Å². The Balaban J connectivity index is 1.52. The normalized spacial score (nSPS) is 11.5. The Bertz CT molecular complexity index is 822. The predicted octanol–water partition coefficient (Wildman–Crippen LogP) is 3.54. The minimum atomic E-state index is 0.447. The topological polar surface area (TPSA) is 68.2 Å². The van der Waals surface area contributed by atoms with E-state index in [1.54, 1.807) is 0 Å². The molecule has 3 aromatic rings. The van der Waals surface area contributed by atoms with Crippen LogP contribution in [0.5, 0.6) is 0 Å². The van der Waals surface area contributed by atoms with Gasteiger partial charge in [-0.1, -0.05) is 36.4 Å². The van der Waals surface area contributed by atoms with Crippen molar-refractivity contribution in [3.63, 3.8) is 0 Å². The first kappa shape index (κ1) is 16.8. The molecular formula is C20H23N5. The maximum absolute atomic E-state index is 5.92. The van der Waals surface area contributed by atoms with Crippen molar-refractivity contribution in [3.05, 3.63) is 78.1 Å². The molecule has 0 radical (unpaired) electrons. The molecule has 5 heteroatoms. The first-order valence-corrected chi connectivity index (χ1v) is 8.45. The highest BCUT2D eigenvalue weighted by atomic mass is 15.3. The van der Waals surface area contributed by atoms with Gasteiger partial charge in [0.15, 0.2) is 5.96 Å². The second-order valence-corrected chi connectivity index (χ2v) is 5.88. The summed E-state index contributed by atoms with van der Waals surface area (Å²) in [5.41, 5.74) is 10.2. The number of nitrogens with zero attached hydrogens (tertiary/aromatic N) is 3. The summed E-state index contributed by atoms with van der Waals surface area (Å²) in [7, 11) is 0. The third-order valence-corrected chi connectivity index (χ3v) is 3.95. The highest BCUT2D eigenvalue weighted by Gasteiger charge is 2.06. The number of nitrogens with two attached hydrogens (primary N) is 1. The van der Waals surface area contributed by atoms with Crippen molar-refractivity contribution >= 4 is 11.6 Å². The summed E-state index contributed by atoms with van der Waals surface area (Å²) < 4.78 is 1.93. The van der Waals surface area contributed by atoms with Crippen LogP contribution >= 0.6 is 0 Å². The predicted molar refractivity (Wildman–Crippen MR) is 103 cm³/mol. The number of aryl methyl sites for hydroxylation is 2. The molecule has 128 valence electrons. The first-order chi connectivity index (χ1) is 12.2. The van der Waals surface area contributed by atoms with Crippen LogP contribution in [-0.4, -0.2) is 22.3 Å². The summed E-state index contributed by atoms with van der Waals surface area (Å²) in [5.74, 6) is 0.447. The van der Waals surface area contributed by atoms with Crippen molar-refractivity contribution < 1.29 is 0 Å². The zero-order valence-corrected chi connectivity index (χ0v) is 14.4. The molecule has 0 unspecified atom stereocenters. The number of hydrogen-bond donors (Lipinski definition) is 2. The molecule has 0 aliphatic rings. The minimum Gasteiger partial charge on any atom is -0.370 e. The Hall–Kier alpha value is -3.08. The lowest BCUT2D eigenvalue weighted by molar-refractivity contribution is 0.827. The largest absolute Gasteiger partial charge is 0.370 e. The summed E-state index contributed by atoms with van der Waals surface area (Å²) in [5, 5.41) is 7.68. The lowest BCUT2D eigenvalue weighted by Crippen LogP contribution is -2.22. The maximum Gasteiger partial charge on any atom is 0.193 e. The smallest absolute Gasteiger partial charge is 0.193 e. The number of aromatic nitrogens is 2. The molecule has 0 fully saturated rings. The van der Waals surface area contributed by atoms with E-state index in [-0.39, 0.29) is 0 Å². The number of aliphatic imine (C=N–C) groups is 1. The van der Waals surface area contributed by atoms with Crippen molar-refractivity contribution in [2.45, 2.75) is 19.8 Å². The first-order valence-electron chi connectivity index (χ1n) is 8.45. The molecule has 1 aromatic heterocycles. The van der Waals surface area contributed by atoms with E-state index >= 15 is 0 Å². The average Bonchev–Trinajstić information content (AvgIpc) is 3.01. The van der Waals surface area contributed by atoms with Gasteiger partial charge in [-0.25, -0.2) is 4.68 Å².